The fourth-order valence-electron chi connectivity index (χ4n) is 3.82. The van der Waals surface area contributed by atoms with Crippen LogP contribution in [0.15, 0.2) is 58.6 Å². The zero-order chi connectivity index (χ0) is 23.5. The van der Waals surface area contributed by atoms with E-state index in [9.17, 15) is 18.4 Å². The number of rotatable bonds is 5. The van der Waals surface area contributed by atoms with E-state index in [1.165, 1.54) is 12.3 Å². The Labute approximate surface area is 188 Å². The number of hydrogen-bond donors (Lipinski definition) is 3. The highest BCUT2D eigenvalue weighted by atomic mass is 19.2. The van der Waals surface area contributed by atoms with Crippen LogP contribution in [0.1, 0.15) is 35.7 Å². The van der Waals surface area contributed by atoms with Gasteiger partial charge in [-0.2, -0.15) is 5.11 Å². The minimum atomic E-state index is -1.06. The van der Waals surface area contributed by atoms with Gasteiger partial charge >= 0.3 is 0 Å². The lowest BCUT2D eigenvalue weighted by atomic mass is 9.98. The molecule has 1 fully saturated rings. The summed E-state index contributed by atoms with van der Waals surface area (Å²) in [5.74, 6) is -1.47. The van der Waals surface area contributed by atoms with Gasteiger partial charge in [0.25, 0.3) is 11.5 Å². The van der Waals surface area contributed by atoms with Crippen molar-refractivity contribution in [3.8, 4) is 0 Å². The van der Waals surface area contributed by atoms with Gasteiger partial charge in [-0.25, -0.2) is 14.3 Å². The molecule has 0 unspecified atom stereocenters. The molecule has 170 valence electrons. The van der Waals surface area contributed by atoms with E-state index in [4.69, 9.17) is 5.53 Å². The summed E-state index contributed by atoms with van der Waals surface area (Å²) in [7, 11) is 0. The molecule has 1 aliphatic rings. The third-order valence-electron chi connectivity index (χ3n) is 5.86. The van der Waals surface area contributed by atoms with Gasteiger partial charge in [-0.05, 0) is 55.2 Å². The molecule has 0 radical (unpaired) electrons. The van der Waals surface area contributed by atoms with Gasteiger partial charge in [0.15, 0.2) is 11.6 Å². The number of halogens is 2. The Morgan fingerprint density at radius 3 is 2.48 bits per heavy atom. The number of pyridine rings is 1. The third-order valence-corrected chi connectivity index (χ3v) is 5.86. The second-order valence-corrected chi connectivity index (χ2v) is 8.20. The molecule has 1 amide bonds. The molecule has 0 bridgehead atoms. The summed E-state index contributed by atoms with van der Waals surface area (Å²) in [5, 5.41) is 6.62. The van der Waals surface area contributed by atoms with Gasteiger partial charge in [0, 0.05) is 42.0 Å². The maximum absolute atomic E-state index is 13.6. The van der Waals surface area contributed by atoms with E-state index in [0.29, 0.717) is 17.2 Å². The van der Waals surface area contributed by atoms with Crippen LogP contribution in [0.2, 0.25) is 0 Å². The zero-order valence-corrected chi connectivity index (χ0v) is 18.0. The lowest BCUT2D eigenvalue weighted by Gasteiger charge is -2.30. The first-order valence-corrected chi connectivity index (χ1v) is 10.6. The highest BCUT2D eigenvalue weighted by Gasteiger charge is 2.21. The van der Waals surface area contributed by atoms with Crippen LogP contribution in [0.25, 0.3) is 16.6 Å². The molecule has 33 heavy (non-hydrogen) atoms. The van der Waals surface area contributed by atoms with Crippen molar-refractivity contribution in [3.05, 3.63) is 81.8 Å². The van der Waals surface area contributed by atoms with Crippen LogP contribution in [0.5, 0.6) is 0 Å². The molecular weight excluding hydrogens is 428 g/mol. The Kier molecular flexibility index (Phi) is 6.30. The van der Waals surface area contributed by atoms with Crippen LogP contribution in [0.3, 0.4) is 0 Å². The van der Waals surface area contributed by atoms with Crippen LogP contribution >= 0.6 is 0 Å². The van der Waals surface area contributed by atoms with Crippen LogP contribution in [0, 0.1) is 23.1 Å². The van der Waals surface area contributed by atoms with E-state index in [2.05, 4.69) is 22.3 Å². The third kappa shape index (κ3) is 4.82. The number of anilines is 1. The van der Waals surface area contributed by atoms with Crippen LogP contribution < -0.4 is 10.9 Å². The Morgan fingerprint density at radius 2 is 1.82 bits per heavy atom. The minimum Gasteiger partial charge on any atom is -0.360 e. The van der Waals surface area contributed by atoms with Crippen molar-refractivity contribution >= 4 is 28.2 Å². The summed E-state index contributed by atoms with van der Waals surface area (Å²) < 4.78 is 27.0. The van der Waals surface area contributed by atoms with E-state index in [1.807, 2.05) is 4.90 Å². The number of benzene rings is 2. The fourth-order valence-corrected chi connectivity index (χ4v) is 3.82. The number of H-pyrrole nitrogens is 1. The van der Waals surface area contributed by atoms with Gasteiger partial charge in [0.2, 0.25) is 0 Å². The number of carbonyl (C=O) groups excluding carboxylic acids is 1. The highest BCUT2D eigenvalue weighted by Crippen LogP contribution is 2.22. The van der Waals surface area contributed by atoms with Crippen molar-refractivity contribution in [2.45, 2.75) is 19.8 Å². The van der Waals surface area contributed by atoms with E-state index in [0.717, 1.165) is 38.1 Å². The summed E-state index contributed by atoms with van der Waals surface area (Å²) in [6, 6.07) is 10.1. The molecule has 0 spiro atoms. The topological polar surface area (TPSA) is 101 Å². The Bertz CT molecular complexity index is 1290. The fraction of sp³-hybridized carbons (Fsp3) is 0.250. The number of fused-ring (bicyclic) bond motifs is 1. The number of nitrogens with zero attached hydrogens (tertiary/aromatic N) is 2. The smallest absolute Gasteiger partial charge is 0.258 e. The summed E-state index contributed by atoms with van der Waals surface area (Å²) >= 11 is 0. The first kappa shape index (κ1) is 22.3. The summed E-state index contributed by atoms with van der Waals surface area (Å²) in [4.78, 5) is 29.4. The number of aromatic nitrogens is 1. The summed E-state index contributed by atoms with van der Waals surface area (Å²) in [5.41, 5.74) is 8.25. The van der Waals surface area contributed by atoms with Crippen molar-refractivity contribution in [1.82, 2.24) is 9.88 Å². The number of nitrogens with one attached hydrogen (secondary N) is 3. The number of amides is 1. The predicted octanol–water partition coefficient (Wildman–Crippen LogP) is 5.12. The average Bonchev–Trinajstić information content (AvgIpc) is 2.81. The number of hydrogen-bond acceptors (Lipinski definition) is 5. The molecule has 2 aromatic carbocycles. The molecule has 0 saturated carbocycles. The molecule has 1 aliphatic heterocycles. The summed E-state index contributed by atoms with van der Waals surface area (Å²) in [6.45, 7) is 3.71. The van der Waals surface area contributed by atoms with Crippen LogP contribution in [-0.2, 0) is 0 Å². The van der Waals surface area contributed by atoms with Crippen LogP contribution in [-0.4, -0.2) is 28.9 Å². The molecule has 0 aliphatic carbocycles. The molecule has 3 aromatic rings. The van der Waals surface area contributed by atoms with Gasteiger partial charge < -0.3 is 15.2 Å². The van der Waals surface area contributed by atoms with Gasteiger partial charge in [0.05, 0.1) is 11.1 Å². The van der Waals surface area contributed by atoms with Gasteiger partial charge in [-0.3, -0.25) is 9.59 Å². The lowest BCUT2D eigenvalue weighted by molar-refractivity contribution is 0.0697. The van der Waals surface area contributed by atoms with E-state index in [1.54, 1.807) is 24.3 Å². The SMILES string of the molecule is CC1CCN(C(=O)c2ccc(N/C=C(\N=N)c3cc4cc(F)c(F)cc4[nH]c3=O)cc2)CC1. The maximum atomic E-state index is 13.6. The van der Waals surface area contributed by atoms with Gasteiger partial charge in [0.1, 0.15) is 5.70 Å². The van der Waals surface area contributed by atoms with Crippen molar-refractivity contribution in [3.63, 3.8) is 0 Å². The number of likely N-dealkylation sites (tertiary alicyclic amines) is 1. The monoisotopic (exact) mass is 451 g/mol. The molecule has 0 atom stereocenters. The van der Waals surface area contributed by atoms with Crippen molar-refractivity contribution in [2.75, 3.05) is 18.4 Å². The summed E-state index contributed by atoms with van der Waals surface area (Å²) in [6.07, 6.45) is 3.38. The molecule has 7 nitrogen and oxygen atoms in total. The molecule has 3 N–H and O–H groups in total. The minimum absolute atomic E-state index is 0.00259. The second kappa shape index (κ2) is 9.32. The molecule has 1 saturated heterocycles. The first-order valence-electron chi connectivity index (χ1n) is 10.6. The van der Waals surface area contributed by atoms with Crippen molar-refractivity contribution in [2.24, 2.45) is 11.0 Å². The van der Waals surface area contributed by atoms with Gasteiger partial charge in [-0.15, -0.1) is 0 Å². The van der Waals surface area contributed by atoms with Crippen molar-refractivity contribution < 1.29 is 13.6 Å². The number of piperidine rings is 1. The highest BCUT2D eigenvalue weighted by molar-refractivity contribution is 5.94. The Balaban J connectivity index is 1.52. The standard InChI is InChI=1S/C24H23F2N5O2/c1-14-6-8-31(9-7-14)24(33)15-2-4-17(5-3-15)28-13-22(30-27)18-10-16-11-19(25)20(26)12-21(16)29-23(18)32/h2-5,10-14,27-28H,6-9H2,1H3,(H,29,32)/b22-13-,30-27?. The first-order chi connectivity index (χ1) is 15.9. The van der Waals surface area contributed by atoms with Crippen molar-refractivity contribution in [1.29, 1.82) is 5.53 Å². The number of aromatic amines is 1. The molecule has 2 heterocycles. The normalized spacial score (nSPS) is 15.0. The molecule has 9 heteroatoms. The molecular formula is C24H23F2N5O2. The van der Waals surface area contributed by atoms with Crippen LogP contribution in [0.4, 0.5) is 14.5 Å². The van der Waals surface area contributed by atoms with E-state index in [-0.39, 0.29) is 28.1 Å². The lowest BCUT2D eigenvalue weighted by Crippen LogP contribution is -2.37. The maximum Gasteiger partial charge on any atom is 0.258 e. The average molecular weight is 451 g/mol. The Morgan fingerprint density at radius 1 is 1.15 bits per heavy atom. The van der Waals surface area contributed by atoms with E-state index >= 15 is 0 Å². The van der Waals surface area contributed by atoms with E-state index < -0.39 is 17.2 Å². The molecule has 4 rings (SSSR count). The second-order valence-electron chi connectivity index (χ2n) is 8.20. The largest absolute Gasteiger partial charge is 0.360 e. The quantitative estimate of drug-likeness (QED) is 0.469. The van der Waals surface area contributed by atoms with Gasteiger partial charge in [-0.1, -0.05) is 6.92 Å². The number of carbonyl (C=O) groups is 1. The predicted molar refractivity (Wildman–Crippen MR) is 122 cm³/mol. The zero-order valence-electron chi connectivity index (χ0n) is 18.0. The Hall–Kier alpha value is -3.88. The molecule has 1 aromatic heterocycles.